The maximum Gasteiger partial charge on any atom is 0.258 e. The van der Waals surface area contributed by atoms with Crippen LogP contribution < -0.4 is 19.1 Å². The van der Waals surface area contributed by atoms with Crippen LogP contribution in [0.4, 0.5) is 5.69 Å². The molecule has 3 aromatic rings. The van der Waals surface area contributed by atoms with Crippen LogP contribution in [0.25, 0.3) is 11.5 Å². The van der Waals surface area contributed by atoms with Crippen molar-refractivity contribution < 1.29 is 23.5 Å². The van der Waals surface area contributed by atoms with Gasteiger partial charge >= 0.3 is 0 Å². The molecule has 1 unspecified atom stereocenters. The lowest BCUT2D eigenvalue weighted by Crippen LogP contribution is -2.25. The highest BCUT2D eigenvalue weighted by Gasteiger charge is 2.35. The minimum Gasteiger partial charge on any atom is -0.497 e. The van der Waals surface area contributed by atoms with E-state index < -0.39 is 0 Å². The molecule has 1 aliphatic rings. The highest BCUT2D eigenvalue weighted by atomic mass is 16.5. The minimum atomic E-state index is -0.159. The van der Waals surface area contributed by atoms with Gasteiger partial charge in [-0.3, -0.25) is 4.79 Å². The third-order valence-corrected chi connectivity index (χ3v) is 5.24. The molecule has 2 heterocycles. The Morgan fingerprint density at radius 1 is 1.00 bits per heavy atom. The fourth-order valence-corrected chi connectivity index (χ4v) is 3.57. The molecule has 1 amide bonds. The van der Waals surface area contributed by atoms with Crippen molar-refractivity contribution >= 4 is 11.6 Å². The number of nitrogens with zero attached hydrogens (tertiary/aromatic N) is 3. The Morgan fingerprint density at radius 2 is 1.70 bits per heavy atom. The second-order valence-corrected chi connectivity index (χ2v) is 7.12. The molecule has 1 aromatic heterocycles. The summed E-state index contributed by atoms with van der Waals surface area (Å²) in [4.78, 5) is 19.0. The van der Waals surface area contributed by atoms with E-state index in [1.54, 1.807) is 44.4 Å². The van der Waals surface area contributed by atoms with Gasteiger partial charge in [-0.2, -0.15) is 4.98 Å². The van der Waals surface area contributed by atoms with Crippen molar-refractivity contribution in [3.8, 4) is 28.7 Å². The number of anilines is 1. The van der Waals surface area contributed by atoms with Crippen molar-refractivity contribution in [2.75, 3.05) is 32.8 Å². The number of ether oxygens (including phenoxy) is 3. The van der Waals surface area contributed by atoms with Gasteiger partial charge in [0.2, 0.25) is 5.91 Å². The summed E-state index contributed by atoms with van der Waals surface area (Å²) < 4.78 is 21.4. The largest absolute Gasteiger partial charge is 0.497 e. The normalized spacial score (nSPS) is 16.1. The first kappa shape index (κ1) is 19.8. The molecule has 156 valence electrons. The van der Waals surface area contributed by atoms with Crippen LogP contribution in [0.2, 0.25) is 0 Å². The number of aromatic nitrogens is 2. The molecule has 0 aliphatic carbocycles. The summed E-state index contributed by atoms with van der Waals surface area (Å²) in [5, 5.41) is 4.13. The number of benzene rings is 2. The Morgan fingerprint density at radius 3 is 2.37 bits per heavy atom. The number of amides is 1. The summed E-state index contributed by atoms with van der Waals surface area (Å²) in [6.45, 7) is 2.45. The van der Waals surface area contributed by atoms with E-state index in [0.29, 0.717) is 47.5 Å². The molecule has 30 heavy (non-hydrogen) atoms. The van der Waals surface area contributed by atoms with E-state index in [1.165, 1.54) is 0 Å². The third-order valence-electron chi connectivity index (χ3n) is 5.24. The zero-order valence-electron chi connectivity index (χ0n) is 17.3. The number of rotatable bonds is 6. The van der Waals surface area contributed by atoms with Crippen molar-refractivity contribution in [1.82, 2.24) is 10.1 Å². The monoisotopic (exact) mass is 409 g/mol. The summed E-state index contributed by atoms with van der Waals surface area (Å²) in [5.74, 6) is 2.67. The Bertz CT molecular complexity index is 1060. The van der Waals surface area contributed by atoms with Gasteiger partial charge in [-0.05, 0) is 30.7 Å². The van der Waals surface area contributed by atoms with Gasteiger partial charge < -0.3 is 23.6 Å². The number of hydrogen-bond acceptors (Lipinski definition) is 7. The van der Waals surface area contributed by atoms with E-state index in [0.717, 1.165) is 11.3 Å². The Balaban J connectivity index is 1.59. The molecule has 0 spiro atoms. The number of hydrogen-bond donors (Lipinski definition) is 0. The smallest absolute Gasteiger partial charge is 0.258 e. The van der Waals surface area contributed by atoms with E-state index in [9.17, 15) is 4.79 Å². The SMILES string of the molecule is COc1cc(OC)cc(-c2nc(C3CC(=O)N(c4cc(OC)ccc4C)C3)no2)c1. The van der Waals surface area contributed by atoms with E-state index in [-0.39, 0.29) is 11.8 Å². The zero-order chi connectivity index (χ0) is 21.3. The van der Waals surface area contributed by atoms with Crippen LogP contribution in [0, 0.1) is 6.92 Å². The number of carbonyl (C=O) groups is 1. The molecular weight excluding hydrogens is 386 g/mol. The molecule has 1 atom stereocenters. The number of aryl methyl sites for hydroxylation is 1. The van der Waals surface area contributed by atoms with Crippen molar-refractivity contribution in [3.63, 3.8) is 0 Å². The van der Waals surface area contributed by atoms with Gasteiger partial charge in [-0.25, -0.2) is 0 Å². The molecule has 8 nitrogen and oxygen atoms in total. The lowest BCUT2D eigenvalue weighted by atomic mass is 10.1. The van der Waals surface area contributed by atoms with E-state index >= 15 is 0 Å². The minimum absolute atomic E-state index is 0.0192. The average molecular weight is 409 g/mol. The maximum absolute atomic E-state index is 12.7. The lowest BCUT2D eigenvalue weighted by Gasteiger charge is -2.19. The lowest BCUT2D eigenvalue weighted by molar-refractivity contribution is -0.117. The first-order chi connectivity index (χ1) is 14.5. The summed E-state index contributed by atoms with van der Waals surface area (Å²) in [6, 6.07) is 11.1. The Kier molecular flexibility index (Phi) is 5.31. The van der Waals surface area contributed by atoms with Gasteiger partial charge in [0, 0.05) is 36.6 Å². The van der Waals surface area contributed by atoms with Crippen LogP contribution in [0.15, 0.2) is 40.9 Å². The predicted molar refractivity (Wildman–Crippen MR) is 110 cm³/mol. The summed E-state index contributed by atoms with van der Waals surface area (Å²) in [6.07, 6.45) is 0.317. The van der Waals surface area contributed by atoms with Crippen LogP contribution in [-0.2, 0) is 4.79 Å². The third kappa shape index (κ3) is 3.68. The quantitative estimate of drug-likeness (QED) is 0.615. The number of carbonyl (C=O) groups excluding carboxylic acids is 1. The van der Waals surface area contributed by atoms with Gasteiger partial charge in [0.15, 0.2) is 5.82 Å². The zero-order valence-corrected chi connectivity index (χ0v) is 17.3. The molecule has 0 N–H and O–H groups in total. The molecule has 1 fully saturated rings. The molecule has 8 heteroatoms. The molecule has 0 bridgehead atoms. The van der Waals surface area contributed by atoms with Gasteiger partial charge in [-0.15, -0.1) is 0 Å². The molecule has 1 saturated heterocycles. The van der Waals surface area contributed by atoms with Crippen LogP contribution in [0.1, 0.15) is 23.7 Å². The maximum atomic E-state index is 12.7. The van der Waals surface area contributed by atoms with Crippen LogP contribution in [-0.4, -0.2) is 43.9 Å². The summed E-state index contributed by atoms with van der Waals surface area (Å²) in [7, 11) is 4.77. The van der Waals surface area contributed by atoms with E-state index in [2.05, 4.69) is 10.1 Å². The van der Waals surface area contributed by atoms with Crippen LogP contribution in [0.5, 0.6) is 17.2 Å². The van der Waals surface area contributed by atoms with E-state index in [1.807, 2.05) is 25.1 Å². The first-order valence-corrected chi connectivity index (χ1v) is 9.54. The fourth-order valence-electron chi connectivity index (χ4n) is 3.57. The highest BCUT2D eigenvalue weighted by Crippen LogP contribution is 2.35. The van der Waals surface area contributed by atoms with E-state index in [4.69, 9.17) is 18.7 Å². The van der Waals surface area contributed by atoms with Crippen LogP contribution in [0.3, 0.4) is 0 Å². The van der Waals surface area contributed by atoms with Crippen molar-refractivity contribution in [3.05, 3.63) is 47.8 Å². The summed E-state index contributed by atoms with van der Waals surface area (Å²) in [5.41, 5.74) is 2.53. The standard InChI is InChI=1S/C22H23N3O5/c1-13-5-6-16(27-2)11-19(13)25-12-15(9-20(25)26)21-23-22(30-24-21)14-7-17(28-3)10-18(8-14)29-4/h5-8,10-11,15H,9,12H2,1-4H3. The van der Waals surface area contributed by atoms with Crippen molar-refractivity contribution in [2.24, 2.45) is 0 Å². The molecular formula is C22H23N3O5. The van der Waals surface area contributed by atoms with Crippen molar-refractivity contribution in [2.45, 2.75) is 19.3 Å². The van der Waals surface area contributed by atoms with Crippen LogP contribution >= 0.6 is 0 Å². The van der Waals surface area contributed by atoms with Gasteiger partial charge in [0.25, 0.3) is 5.89 Å². The number of methoxy groups -OCH3 is 3. The highest BCUT2D eigenvalue weighted by molar-refractivity contribution is 5.97. The van der Waals surface area contributed by atoms with Gasteiger partial charge in [0.1, 0.15) is 17.2 Å². The fraction of sp³-hybridized carbons (Fsp3) is 0.318. The second-order valence-electron chi connectivity index (χ2n) is 7.12. The first-order valence-electron chi connectivity index (χ1n) is 9.54. The molecule has 4 rings (SSSR count). The Labute approximate surface area is 174 Å². The molecule has 1 aliphatic heterocycles. The molecule has 0 saturated carbocycles. The topological polar surface area (TPSA) is 86.9 Å². The van der Waals surface area contributed by atoms with Gasteiger partial charge in [-0.1, -0.05) is 11.2 Å². The van der Waals surface area contributed by atoms with Crippen molar-refractivity contribution in [1.29, 1.82) is 0 Å². The average Bonchev–Trinajstić information content (AvgIpc) is 3.41. The second kappa shape index (κ2) is 8.06. The molecule has 2 aromatic carbocycles. The summed E-state index contributed by atoms with van der Waals surface area (Å²) >= 11 is 0. The predicted octanol–water partition coefficient (Wildman–Crippen LogP) is 3.59. The van der Waals surface area contributed by atoms with Gasteiger partial charge in [0.05, 0.1) is 27.0 Å². The Hall–Kier alpha value is -3.55. The molecule has 0 radical (unpaired) electrons.